The van der Waals surface area contributed by atoms with Gasteiger partial charge >= 0.3 is 6.03 Å². The molecule has 0 saturated carbocycles. The van der Waals surface area contributed by atoms with Gasteiger partial charge in [-0.2, -0.15) is 0 Å². The van der Waals surface area contributed by atoms with Crippen molar-refractivity contribution in [1.82, 2.24) is 15.1 Å². The van der Waals surface area contributed by atoms with Crippen LogP contribution in [0.3, 0.4) is 0 Å². The van der Waals surface area contributed by atoms with Crippen molar-refractivity contribution in [2.24, 2.45) is 0 Å². The van der Waals surface area contributed by atoms with E-state index in [2.05, 4.69) is 5.32 Å². The van der Waals surface area contributed by atoms with Gasteiger partial charge in [0, 0.05) is 26.2 Å². The minimum atomic E-state index is -0.106. The van der Waals surface area contributed by atoms with Gasteiger partial charge in [0.15, 0.2) is 0 Å². The van der Waals surface area contributed by atoms with Crippen LogP contribution in [-0.2, 0) is 17.8 Å². The highest BCUT2D eigenvalue weighted by molar-refractivity contribution is 5.85. The van der Waals surface area contributed by atoms with Crippen LogP contribution in [0, 0.1) is 0 Å². The van der Waals surface area contributed by atoms with Crippen LogP contribution in [-0.4, -0.2) is 47.9 Å². The maximum atomic E-state index is 12.4. The van der Waals surface area contributed by atoms with Gasteiger partial charge in [-0.05, 0) is 17.5 Å². The van der Waals surface area contributed by atoms with E-state index in [9.17, 15) is 9.59 Å². The fraction of sp³-hybridized carbons (Fsp3) is 0.300. The lowest BCUT2D eigenvalue weighted by Crippen LogP contribution is -2.40. The van der Waals surface area contributed by atoms with Crippen LogP contribution in [0.5, 0.6) is 0 Å². The standard InChI is InChI=1S/C20H23N3O2/c24-19(21-12-11-17-7-3-1-4-8-17)16-23-14-13-22(20(23)25)15-18-9-5-2-6-10-18/h1-10H,11-16H2,(H,21,24). The van der Waals surface area contributed by atoms with E-state index in [1.807, 2.05) is 60.7 Å². The largest absolute Gasteiger partial charge is 0.354 e. The summed E-state index contributed by atoms with van der Waals surface area (Å²) in [5.41, 5.74) is 2.29. The Morgan fingerprint density at radius 2 is 1.48 bits per heavy atom. The third-order valence-corrected chi connectivity index (χ3v) is 4.31. The minimum absolute atomic E-state index is 0.0675. The SMILES string of the molecule is O=C(CN1CCN(Cc2ccccc2)C1=O)NCCc1ccccc1. The number of rotatable bonds is 7. The molecular weight excluding hydrogens is 314 g/mol. The van der Waals surface area contributed by atoms with Crippen molar-refractivity contribution in [2.45, 2.75) is 13.0 Å². The molecule has 0 aliphatic carbocycles. The lowest BCUT2D eigenvalue weighted by Gasteiger charge is -2.18. The highest BCUT2D eigenvalue weighted by Crippen LogP contribution is 2.13. The maximum absolute atomic E-state index is 12.4. The Labute approximate surface area is 148 Å². The van der Waals surface area contributed by atoms with Gasteiger partial charge in [0.1, 0.15) is 6.54 Å². The number of nitrogens with one attached hydrogen (secondary N) is 1. The summed E-state index contributed by atoms with van der Waals surface area (Å²) in [6, 6.07) is 19.9. The van der Waals surface area contributed by atoms with Crippen LogP contribution in [0.15, 0.2) is 60.7 Å². The third-order valence-electron chi connectivity index (χ3n) is 4.31. The predicted octanol–water partition coefficient (Wildman–Crippen LogP) is 2.28. The molecule has 0 radical (unpaired) electrons. The number of amides is 3. The van der Waals surface area contributed by atoms with Gasteiger partial charge in [0.25, 0.3) is 0 Å². The van der Waals surface area contributed by atoms with E-state index in [0.29, 0.717) is 26.2 Å². The molecule has 2 aromatic carbocycles. The van der Waals surface area contributed by atoms with Gasteiger partial charge in [0.05, 0.1) is 0 Å². The van der Waals surface area contributed by atoms with Crippen LogP contribution >= 0.6 is 0 Å². The molecule has 1 saturated heterocycles. The smallest absolute Gasteiger partial charge is 0.320 e. The van der Waals surface area contributed by atoms with E-state index in [4.69, 9.17) is 0 Å². The van der Waals surface area contributed by atoms with Gasteiger partial charge in [0.2, 0.25) is 5.91 Å². The van der Waals surface area contributed by atoms with Crippen molar-refractivity contribution in [3.63, 3.8) is 0 Å². The van der Waals surface area contributed by atoms with Gasteiger partial charge in [-0.3, -0.25) is 4.79 Å². The molecule has 0 unspecified atom stereocenters. The molecule has 2 aromatic rings. The quantitative estimate of drug-likeness (QED) is 0.843. The van der Waals surface area contributed by atoms with Crippen molar-refractivity contribution >= 4 is 11.9 Å². The van der Waals surface area contributed by atoms with E-state index in [0.717, 1.165) is 12.0 Å². The molecule has 25 heavy (non-hydrogen) atoms. The Morgan fingerprint density at radius 3 is 2.16 bits per heavy atom. The average molecular weight is 337 g/mol. The molecule has 3 amide bonds. The Hall–Kier alpha value is -2.82. The van der Waals surface area contributed by atoms with Gasteiger partial charge in [-0.1, -0.05) is 60.7 Å². The zero-order valence-electron chi connectivity index (χ0n) is 14.2. The Balaban J connectivity index is 1.42. The number of carbonyl (C=O) groups excluding carboxylic acids is 2. The van der Waals surface area contributed by atoms with E-state index in [-0.39, 0.29) is 18.5 Å². The van der Waals surface area contributed by atoms with Crippen LogP contribution in [0.25, 0.3) is 0 Å². The molecule has 5 heteroatoms. The van der Waals surface area contributed by atoms with E-state index < -0.39 is 0 Å². The first-order valence-corrected chi connectivity index (χ1v) is 8.61. The molecule has 1 fully saturated rings. The lowest BCUT2D eigenvalue weighted by molar-refractivity contribution is -0.121. The number of hydrogen-bond donors (Lipinski definition) is 1. The van der Waals surface area contributed by atoms with Crippen molar-refractivity contribution < 1.29 is 9.59 Å². The molecule has 3 rings (SSSR count). The van der Waals surface area contributed by atoms with Crippen LogP contribution in [0.4, 0.5) is 4.79 Å². The first-order chi connectivity index (χ1) is 12.2. The van der Waals surface area contributed by atoms with Crippen LogP contribution in [0.2, 0.25) is 0 Å². The molecular formula is C20H23N3O2. The first-order valence-electron chi connectivity index (χ1n) is 8.61. The number of carbonyl (C=O) groups is 2. The molecule has 130 valence electrons. The number of benzene rings is 2. The summed E-state index contributed by atoms with van der Waals surface area (Å²) < 4.78 is 0. The van der Waals surface area contributed by atoms with Gasteiger partial charge in [-0.15, -0.1) is 0 Å². The summed E-state index contributed by atoms with van der Waals surface area (Å²) in [4.78, 5) is 27.9. The van der Waals surface area contributed by atoms with Crippen molar-refractivity contribution in [3.05, 3.63) is 71.8 Å². The molecule has 1 N–H and O–H groups in total. The minimum Gasteiger partial charge on any atom is -0.354 e. The highest BCUT2D eigenvalue weighted by atomic mass is 16.2. The average Bonchev–Trinajstić information content (AvgIpc) is 2.97. The van der Waals surface area contributed by atoms with Crippen LogP contribution < -0.4 is 5.32 Å². The molecule has 0 spiro atoms. The molecule has 0 atom stereocenters. The monoisotopic (exact) mass is 337 g/mol. The lowest BCUT2D eigenvalue weighted by atomic mass is 10.1. The summed E-state index contributed by atoms with van der Waals surface area (Å²) in [5, 5.41) is 2.89. The van der Waals surface area contributed by atoms with Crippen molar-refractivity contribution in [2.75, 3.05) is 26.2 Å². The Bertz CT molecular complexity index is 703. The fourth-order valence-electron chi connectivity index (χ4n) is 2.95. The maximum Gasteiger partial charge on any atom is 0.320 e. The summed E-state index contributed by atoms with van der Waals surface area (Å²) in [6.07, 6.45) is 0.792. The fourth-order valence-corrected chi connectivity index (χ4v) is 2.95. The van der Waals surface area contributed by atoms with Crippen molar-refractivity contribution in [1.29, 1.82) is 0 Å². The molecule has 0 bridgehead atoms. The third kappa shape index (κ3) is 4.83. The number of hydrogen-bond acceptors (Lipinski definition) is 2. The molecule has 5 nitrogen and oxygen atoms in total. The second-order valence-electron chi connectivity index (χ2n) is 6.20. The first kappa shape index (κ1) is 17.0. The second kappa shape index (κ2) is 8.33. The molecule has 1 aliphatic rings. The Morgan fingerprint density at radius 1 is 0.880 bits per heavy atom. The normalized spacial score (nSPS) is 14.0. The molecule has 0 aromatic heterocycles. The predicted molar refractivity (Wildman–Crippen MR) is 97.0 cm³/mol. The molecule has 1 heterocycles. The van der Waals surface area contributed by atoms with Crippen LogP contribution in [0.1, 0.15) is 11.1 Å². The number of urea groups is 1. The zero-order chi connectivity index (χ0) is 17.5. The molecule has 1 aliphatic heterocycles. The zero-order valence-corrected chi connectivity index (χ0v) is 14.2. The summed E-state index contributed by atoms with van der Waals surface area (Å²) in [5.74, 6) is -0.106. The summed E-state index contributed by atoms with van der Waals surface area (Å²) in [7, 11) is 0. The second-order valence-corrected chi connectivity index (χ2v) is 6.20. The highest BCUT2D eigenvalue weighted by Gasteiger charge is 2.29. The number of nitrogens with zero attached hydrogens (tertiary/aromatic N) is 2. The van der Waals surface area contributed by atoms with Gasteiger partial charge < -0.3 is 15.1 Å². The summed E-state index contributed by atoms with van der Waals surface area (Å²) >= 11 is 0. The van der Waals surface area contributed by atoms with Gasteiger partial charge in [-0.25, -0.2) is 4.79 Å². The van der Waals surface area contributed by atoms with Crippen molar-refractivity contribution in [3.8, 4) is 0 Å². The van der Waals surface area contributed by atoms with E-state index in [1.165, 1.54) is 5.56 Å². The van der Waals surface area contributed by atoms with E-state index in [1.54, 1.807) is 9.80 Å². The van der Waals surface area contributed by atoms with E-state index >= 15 is 0 Å². The topological polar surface area (TPSA) is 52.7 Å². The summed E-state index contributed by atoms with van der Waals surface area (Å²) in [6.45, 7) is 2.55. The Kier molecular flexibility index (Phi) is 5.67.